The van der Waals surface area contributed by atoms with Crippen molar-refractivity contribution in [2.75, 3.05) is 38.8 Å². The minimum atomic E-state index is 0.308. The smallest absolute Gasteiger partial charge is 0.196 e. The number of guanidine groups is 1. The maximum absolute atomic E-state index is 6.00. The van der Waals surface area contributed by atoms with Crippen molar-refractivity contribution in [3.8, 4) is 11.5 Å². The van der Waals surface area contributed by atoms with Crippen LogP contribution in [-0.4, -0.2) is 45.5 Å². The Morgan fingerprint density at radius 3 is 2.47 bits per heavy atom. The van der Waals surface area contributed by atoms with E-state index in [0.29, 0.717) is 43.3 Å². The van der Waals surface area contributed by atoms with Crippen molar-refractivity contribution in [2.45, 2.75) is 45.9 Å². The van der Waals surface area contributed by atoms with Crippen LogP contribution in [0, 0.1) is 0 Å². The number of aliphatic imine (C=N–C) groups is 1. The van der Waals surface area contributed by atoms with Crippen LogP contribution in [0.3, 0.4) is 0 Å². The van der Waals surface area contributed by atoms with Gasteiger partial charge in [-0.15, -0.1) is 0 Å². The van der Waals surface area contributed by atoms with E-state index in [0.717, 1.165) is 43.9 Å². The van der Waals surface area contributed by atoms with Crippen molar-refractivity contribution in [1.82, 2.24) is 5.32 Å². The molecule has 0 spiro atoms. The van der Waals surface area contributed by atoms with Crippen molar-refractivity contribution in [1.29, 1.82) is 0 Å². The van der Waals surface area contributed by atoms with Gasteiger partial charge in [-0.1, -0.05) is 24.3 Å². The lowest BCUT2D eigenvalue weighted by atomic mass is 10.1. The molecule has 1 aliphatic heterocycles. The lowest BCUT2D eigenvalue weighted by molar-refractivity contribution is -0.0390. The summed E-state index contributed by atoms with van der Waals surface area (Å²) in [6, 6.07) is 14.2. The highest BCUT2D eigenvalue weighted by Gasteiger charge is 2.14. The molecule has 1 fully saturated rings. The van der Waals surface area contributed by atoms with Crippen LogP contribution in [0.5, 0.6) is 11.5 Å². The van der Waals surface area contributed by atoms with Gasteiger partial charge in [-0.25, -0.2) is 4.99 Å². The van der Waals surface area contributed by atoms with E-state index in [2.05, 4.69) is 34.9 Å². The molecular weight excluding hydrogens is 406 g/mol. The molecular formula is C25H35N3O4. The molecule has 0 aliphatic carbocycles. The summed E-state index contributed by atoms with van der Waals surface area (Å²) in [6.45, 7) is 8.15. The number of anilines is 1. The third kappa shape index (κ3) is 7.43. The maximum Gasteiger partial charge on any atom is 0.196 e. The Labute approximate surface area is 191 Å². The summed E-state index contributed by atoms with van der Waals surface area (Å²) < 4.78 is 22.4. The predicted octanol–water partition coefficient (Wildman–Crippen LogP) is 4.37. The van der Waals surface area contributed by atoms with E-state index in [-0.39, 0.29) is 0 Å². The molecule has 7 heteroatoms. The van der Waals surface area contributed by atoms with Crippen LogP contribution >= 0.6 is 0 Å². The van der Waals surface area contributed by atoms with Crippen LogP contribution in [0.1, 0.15) is 37.8 Å². The number of ether oxygens (including phenoxy) is 4. The Hall–Kier alpha value is -2.77. The Morgan fingerprint density at radius 1 is 1.03 bits per heavy atom. The van der Waals surface area contributed by atoms with E-state index >= 15 is 0 Å². The van der Waals surface area contributed by atoms with Gasteiger partial charge in [0, 0.05) is 31.5 Å². The van der Waals surface area contributed by atoms with E-state index in [1.165, 1.54) is 5.56 Å². The number of nitrogens with one attached hydrogen (secondary N) is 2. The zero-order valence-corrected chi connectivity index (χ0v) is 19.4. The first-order valence-electron chi connectivity index (χ1n) is 11.3. The third-order valence-corrected chi connectivity index (χ3v) is 5.17. The average molecular weight is 442 g/mol. The Bertz CT molecular complexity index is 849. The SMILES string of the molecule is CCNC(=NCc1ccc(COC2CCOCC2)cc1)Nc1ccc(OC)c(OCC)c1. The predicted molar refractivity (Wildman–Crippen MR) is 128 cm³/mol. The van der Waals surface area contributed by atoms with Gasteiger partial charge in [0.2, 0.25) is 0 Å². The van der Waals surface area contributed by atoms with Crippen molar-refractivity contribution in [3.63, 3.8) is 0 Å². The fourth-order valence-corrected chi connectivity index (χ4v) is 3.43. The summed E-state index contributed by atoms with van der Waals surface area (Å²) in [5, 5.41) is 6.63. The van der Waals surface area contributed by atoms with Gasteiger partial charge < -0.3 is 29.6 Å². The second-order valence-corrected chi connectivity index (χ2v) is 7.56. The first-order chi connectivity index (χ1) is 15.7. The largest absolute Gasteiger partial charge is 0.493 e. The summed E-state index contributed by atoms with van der Waals surface area (Å²) in [7, 11) is 1.64. The van der Waals surface area contributed by atoms with Gasteiger partial charge in [-0.2, -0.15) is 0 Å². The second-order valence-electron chi connectivity index (χ2n) is 7.56. The number of methoxy groups -OCH3 is 1. The van der Waals surface area contributed by atoms with Crippen LogP contribution in [0.15, 0.2) is 47.5 Å². The van der Waals surface area contributed by atoms with E-state index in [1.807, 2.05) is 32.0 Å². The number of rotatable bonds is 10. The molecule has 0 radical (unpaired) electrons. The van der Waals surface area contributed by atoms with Gasteiger partial charge in [0.05, 0.1) is 33.0 Å². The van der Waals surface area contributed by atoms with Crippen molar-refractivity contribution >= 4 is 11.6 Å². The zero-order chi connectivity index (χ0) is 22.6. The normalized spacial score (nSPS) is 14.8. The molecule has 32 heavy (non-hydrogen) atoms. The molecule has 0 bridgehead atoms. The summed E-state index contributed by atoms with van der Waals surface area (Å²) in [5.41, 5.74) is 3.20. The quantitative estimate of drug-likeness (QED) is 0.421. The average Bonchev–Trinajstić information content (AvgIpc) is 2.83. The Balaban J connectivity index is 1.57. The molecule has 1 saturated heterocycles. The molecule has 0 amide bonds. The lowest BCUT2D eigenvalue weighted by Crippen LogP contribution is -2.30. The Morgan fingerprint density at radius 2 is 1.78 bits per heavy atom. The van der Waals surface area contributed by atoms with Gasteiger partial charge in [-0.05, 0) is 49.9 Å². The van der Waals surface area contributed by atoms with Crippen LogP contribution in [0.25, 0.3) is 0 Å². The Kier molecular flexibility index (Phi) is 9.65. The highest BCUT2D eigenvalue weighted by molar-refractivity contribution is 5.93. The highest BCUT2D eigenvalue weighted by atomic mass is 16.5. The van der Waals surface area contributed by atoms with Crippen LogP contribution in [-0.2, 0) is 22.6 Å². The molecule has 174 valence electrons. The molecule has 2 N–H and O–H groups in total. The third-order valence-electron chi connectivity index (χ3n) is 5.17. The maximum atomic E-state index is 6.00. The van der Waals surface area contributed by atoms with E-state index in [4.69, 9.17) is 23.9 Å². The van der Waals surface area contributed by atoms with Crippen molar-refractivity contribution < 1.29 is 18.9 Å². The minimum Gasteiger partial charge on any atom is -0.493 e. The molecule has 1 heterocycles. The van der Waals surface area contributed by atoms with Crippen LogP contribution in [0.4, 0.5) is 5.69 Å². The van der Waals surface area contributed by atoms with Gasteiger partial charge in [0.15, 0.2) is 17.5 Å². The first kappa shape index (κ1) is 23.9. The van der Waals surface area contributed by atoms with Gasteiger partial charge in [-0.3, -0.25) is 0 Å². The molecule has 0 aromatic heterocycles. The number of hydrogen-bond donors (Lipinski definition) is 2. The summed E-state index contributed by atoms with van der Waals surface area (Å²) in [4.78, 5) is 4.72. The zero-order valence-electron chi connectivity index (χ0n) is 19.4. The van der Waals surface area contributed by atoms with Crippen molar-refractivity contribution in [3.05, 3.63) is 53.6 Å². The molecule has 3 rings (SSSR count). The van der Waals surface area contributed by atoms with Gasteiger partial charge in [0.25, 0.3) is 0 Å². The number of nitrogens with zero attached hydrogens (tertiary/aromatic N) is 1. The fraction of sp³-hybridized carbons (Fsp3) is 0.480. The number of hydrogen-bond acceptors (Lipinski definition) is 5. The van der Waals surface area contributed by atoms with E-state index < -0.39 is 0 Å². The summed E-state index contributed by atoms with van der Waals surface area (Å²) in [6.07, 6.45) is 2.27. The molecule has 1 aliphatic rings. The van der Waals surface area contributed by atoms with E-state index in [9.17, 15) is 0 Å². The van der Waals surface area contributed by atoms with Gasteiger partial charge in [0.1, 0.15) is 0 Å². The summed E-state index contributed by atoms with van der Waals surface area (Å²) in [5.74, 6) is 2.13. The number of benzene rings is 2. The molecule has 0 unspecified atom stereocenters. The first-order valence-corrected chi connectivity index (χ1v) is 11.3. The lowest BCUT2D eigenvalue weighted by Gasteiger charge is -2.22. The molecule has 2 aromatic carbocycles. The van der Waals surface area contributed by atoms with Crippen LogP contribution < -0.4 is 20.1 Å². The van der Waals surface area contributed by atoms with Gasteiger partial charge >= 0.3 is 0 Å². The monoisotopic (exact) mass is 441 g/mol. The molecule has 0 saturated carbocycles. The van der Waals surface area contributed by atoms with E-state index in [1.54, 1.807) is 7.11 Å². The van der Waals surface area contributed by atoms with Crippen LogP contribution in [0.2, 0.25) is 0 Å². The standard InChI is InChI=1S/C25H35N3O4/c1-4-26-25(28-21-10-11-23(29-3)24(16-21)31-5-2)27-17-19-6-8-20(9-7-19)18-32-22-12-14-30-15-13-22/h6-11,16,22H,4-5,12-15,17-18H2,1-3H3,(H2,26,27,28). The molecule has 0 atom stereocenters. The summed E-state index contributed by atoms with van der Waals surface area (Å²) >= 11 is 0. The molecule has 7 nitrogen and oxygen atoms in total. The second kappa shape index (κ2) is 12.9. The topological polar surface area (TPSA) is 73.3 Å². The highest BCUT2D eigenvalue weighted by Crippen LogP contribution is 2.30. The fourth-order valence-electron chi connectivity index (χ4n) is 3.43. The van der Waals surface area contributed by atoms with Crippen molar-refractivity contribution in [2.24, 2.45) is 4.99 Å². The minimum absolute atomic E-state index is 0.308. The molecule has 2 aromatic rings.